The van der Waals surface area contributed by atoms with E-state index in [0.29, 0.717) is 0 Å². The van der Waals surface area contributed by atoms with E-state index in [4.69, 9.17) is 5.11 Å². The summed E-state index contributed by atoms with van der Waals surface area (Å²) >= 11 is 0. The Bertz CT molecular complexity index is 326. The van der Waals surface area contributed by atoms with Gasteiger partial charge in [-0.3, -0.25) is 0 Å². The topological polar surface area (TPSA) is 29.5 Å². The van der Waals surface area contributed by atoms with Crippen molar-refractivity contribution in [1.29, 1.82) is 0 Å². The van der Waals surface area contributed by atoms with Gasteiger partial charge < -0.3 is 9.84 Å². The third-order valence-electron chi connectivity index (χ3n) is 1.77. The molecule has 0 aliphatic heterocycles. The molecule has 0 aliphatic rings. The Hall–Kier alpha value is -1.23. The molecule has 1 rings (SSSR count). The first-order valence-corrected chi connectivity index (χ1v) is 3.84. The molecule has 0 aliphatic carbocycles. The van der Waals surface area contributed by atoms with Gasteiger partial charge in [-0.1, -0.05) is 0 Å². The van der Waals surface area contributed by atoms with Gasteiger partial charge in [0.15, 0.2) is 11.6 Å². The van der Waals surface area contributed by atoms with E-state index in [1.54, 1.807) is 0 Å². The molecule has 5 heteroatoms. The van der Waals surface area contributed by atoms with Crippen molar-refractivity contribution in [2.45, 2.75) is 5.92 Å². The van der Waals surface area contributed by atoms with Crippen molar-refractivity contribution in [2.24, 2.45) is 0 Å². The number of halogens is 3. The number of methoxy groups -OCH3 is 1. The molecule has 0 unspecified atom stereocenters. The van der Waals surface area contributed by atoms with E-state index >= 15 is 0 Å². The molecule has 0 bridgehead atoms. The summed E-state index contributed by atoms with van der Waals surface area (Å²) in [6.07, 6.45) is 0. The number of aliphatic hydroxyl groups is 1. The number of ether oxygens (including phenoxy) is 1. The molecule has 0 aromatic heterocycles. The zero-order valence-corrected chi connectivity index (χ0v) is 7.43. The molecule has 0 heterocycles. The van der Waals surface area contributed by atoms with Gasteiger partial charge in [-0.15, -0.1) is 0 Å². The molecular weight excluding hydrogens is 197 g/mol. The maximum Gasteiger partial charge on any atom is 0.295 e. The highest BCUT2D eigenvalue weighted by atomic mass is 19.3. The van der Waals surface area contributed by atoms with Crippen molar-refractivity contribution >= 4 is 0 Å². The van der Waals surface area contributed by atoms with Crippen LogP contribution in [0.1, 0.15) is 5.56 Å². The molecular formula is C9H9F3O2. The van der Waals surface area contributed by atoms with Crippen molar-refractivity contribution in [3.05, 3.63) is 29.6 Å². The molecule has 0 saturated heterocycles. The largest absolute Gasteiger partial charge is 0.494 e. The van der Waals surface area contributed by atoms with E-state index in [-0.39, 0.29) is 5.75 Å². The Balaban J connectivity index is 3.12. The smallest absolute Gasteiger partial charge is 0.295 e. The Morgan fingerprint density at radius 1 is 1.43 bits per heavy atom. The predicted molar refractivity (Wildman–Crippen MR) is 43.9 cm³/mol. The van der Waals surface area contributed by atoms with Gasteiger partial charge >= 0.3 is 0 Å². The van der Waals surface area contributed by atoms with Crippen molar-refractivity contribution in [2.75, 3.05) is 13.7 Å². The van der Waals surface area contributed by atoms with Gasteiger partial charge in [0.05, 0.1) is 7.11 Å². The van der Waals surface area contributed by atoms with Crippen LogP contribution in [0, 0.1) is 5.82 Å². The van der Waals surface area contributed by atoms with Gasteiger partial charge in [-0.05, 0) is 18.2 Å². The minimum atomic E-state index is -3.37. The quantitative estimate of drug-likeness (QED) is 0.818. The number of aliphatic hydroxyl groups excluding tert-OH is 1. The second-order valence-corrected chi connectivity index (χ2v) is 2.71. The highest BCUT2D eigenvalue weighted by Gasteiger charge is 2.31. The van der Waals surface area contributed by atoms with E-state index < -0.39 is 23.9 Å². The third-order valence-corrected chi connectivity index (χ3v) is 1.77. The zero-order valence-electron chi connectivity index (χ0n) is 7.43. The molecule has 78 valence electrons. The molecule has 14 heavy (non-hydrogen) atoms. The van der Waals surface area contributed by atoms with Crippen LogP contribution < -0.4 is 4.74 Å². The molecule has 0 radical (unpaired) electrons. The van der Waals surface area contributed by atoms with Crippen LogP contribution in [0.25, 0.3) is 0 Å². The molecule has 0 spiro atoms. The fourth-order valence-electron chi connectivity index (χ4n) is 0.979. The van der Waals surface area contributed by atoms with Gasteiger partial charge in [-0.2, -0.15) is 8.78 Å². The maximum atomic E-state index is 12.9. The first kappa shape index (κ1) is 10.8. The number of hydrogen-bond donors (Lipinski definition) is 1. The van der Waals surface area contributed by atoms with Crippen LogP contribution in [0.2, 0.25) is 0 Å². The lowest BCUT2D eigenvalue weighted by Gasteiger charge is -2.14. The van der Waals surface area contributed by atoms with Crippen molar-refractivity contribution in [1.82, 2.24) is 0 Å². The summed E-state index contributed by atoms with van der Waals surface area (Å²) in [5, 5.41) is 8.40. The van der Waals surface area contributed by atoms with E-state index in [0.717, 1.165) is 18.2 Å². The Morgan fingerprint density at radius 2 is 2.07 bits per heavy atom. The monoisotopic (exact) mass is 206 g/mol. The Kier molecular flexibility index (Phi) is 3.00. The molecule has 0 atom stereocenters. The van der Waals surface area contributed by atoms with E-state index in [2.05, 4.69) is 4.74 Å². The van der Waals surface area contributed by atoms with Crippen molar-refractivity contribution in [3.63, 3.8) is 0 Å². The summed E-state index contributed by atoms with van der Waals surface area (Å²) < 4.78 is 43.2. The first-order chi connectivity index (χ1) is 6.51. The van der Waals surface area contributed by atoms with Gasteiger partial charge in [-0.25, -0.2) is 4.39 Å². The summed E-state index contributed by atoms with van der Waals surface area (Å²) in [6.45, 7) is -1.32. The van der Waals surface area contributed by atoms with Crippen LogP contribution in [-0.4, -0.2) is 18.8 Å². The molecule has 0 amide bonds. The molecule has 1 N–H and O–H groups in total. The van der Waals surface area contributed by atoms with Crippen LogP contribution >= 0.6 is 0 Å². The zero-order chi connectivity index (χ0) is 10.8. The van der Waals surface area contributed by atoms with Crippen LogP contribution in [0.4, 0.5) is 13.2 Å². The first-order valence-electron chi connectivity index (χ1n) is 3.84. The fraction of sp³-hybridized carbons (Fsp3) is 0.333. The highest BCUT2D eigenvalue weighted by molar-refractivity contribution is 5.32. The average Bonchev–Trinajstić information content (AvgIpc) is 2.18. The van der Waals surface area contributed by atoms with E-state index in [1.165, 1.54) is 7.11 Å². The number of hydrogen-bond acceptors (Lipinski definition) is 2. The highest BCUT2D eigenvalue weighted by Crippen LogP contribution is 2.30. The molecule has 1 aromatic rings. The molecule has 0 saturated carbocycles. The van der Waals surface area contributed by atoms with Gasteiger partial charge in [0.25, 0.3) is 5.92 Å². The Labute approximate surface area is 78.9 Å². The third kappa shape index (κ3) is 1.98. The summed E-state index contributed by atoms with van der Waals surface area (Å²) in [7, 11) is 1.18. The average molecular weight is 206 g/mol. The normalized spacial score (nSPS) is 11.5. The predicted octanol–water partition coefficient (Wildman–Crippen LogP) is 1.92. The van der Waals surface area contributed by atoms with Gasteiger partial charge in [0.2, 0.25) is 0 Å². The van der Waals surface area contributed by atoms with E-state index in [1.807, 2.05) is 0 Å². The van der Waals surface area contributed by atoms with Crippen LogP contribution in [0.15, 0.2) is 18.2 Å². The van der Waals surface area contributed by atoms with Crippen molar-refractivity contribution < 1.29 is 23.0 Å². The number of alkyl halides is 2. The lowest BCUT2D eigenvalue weighted by molar-refractivity contribution is -0.0557. The van der Waals surface area contributed by atoms with Gasteiger partial charge in [0, 0.05) is 5.56 Å². The fourth-order valence-corrected chi connectivity index (χ4v) is 0.979. The number of benzene rings is 1. The maximum absolute atomic E-state index is 12.9. The van der Waals surface area contributed by atoms with Crippen LogP contribution in [0.3, 0.4) is 0 Å². The minimum absolute atomic E-state index is 0.268. The van der Waals surface area contributed by atoms with Gasteiger partial charge in [0.1, 0.15) is 6.61 Å². The lowest BCUT2D eigenvalue weighted by Crippen LogP contribution is -2.18. The minimum Gasteiger partial charge on any atom is -0.494 e. The second-order valence-electron chi connectivity index (χ2n) is 2.71. The molecule has 1 aromatic carbocycles. The molecule has 0 fully saturated rings. The molecule has 2 nitrogen and oxygen atoms in total. The summed E-state index contributed by atoms with van der Waals surface area (Å²) in [4.78, 5) is 0. The second kappa shape index (κ2) is 3.88. The summed E-state index contributed by atoms with van der Waals surface area (Å²) in [5.41, 5.74) is -0.474. The lowest BCUT2D eigenvalue weighted by atomic mass is 10.1. The summed E-state index contributed by atoms with van der Waals surface area (Å²) in [6, 6.07) is 2.65. The van der Waals surface area contributed by atoms with E-state index in [9.17, 15) is 13.2 Å². The van der Waals surface area contributed by atoms with Crippen LogP contribution in [0.5, 0.6) is 5.75 Å². The Morgan fingerprint density at radius 3 is 2.57 bits per heavy atom. The summed E-state index contributed by atoms with van der Waals surface area (Å²) in [5.74, 6) is -4.36. The SMILES string of the molecule is COc1cc(C(F)(F)CO)ccc1F. The standard InChI is InChI=1S/C9H9F3O2/c1-14-8-4-6(2-3-7(8)10)9(11,12)5-13/h2-4,13H,5H2,1H3. The number of rotatable bonds is 3. The van der Waals surface area contributed by atoms with Crippen molar-refractivity contribution in [3.8, 4) is 5.75 Å². The van der Waals surface area contributed by atoms with Crippen LogP contribution in [-0.2, 0) is 5.92 Å².